The molecule has 0 unspecified atom stereocenters. The molecule has 2 N–H and O–H groups in total. The predicted molar refractivity (Wildman–Crippen MR) is 73.5 cm³/mol. The number of aryl methyl sites for hydroxylation is 2. The monoisotopic (exact) mass is 275 g/mol. The third-order valence-corrected chi connectivity index (χ3v) is 2.98. The minimum absolute atomic E-state index is 0.161. The number of carbonyl (C=O) groups excluding carboxylic acids is 2. The Morgan fingerprint density at radius 1 is 1.20 bits per heavy atom. The quantitative estimate of drug-likeness (QED) is 0.802. The van der Waals surface area contributed by atoms with Crippen LogP contribution in [0.4, 0.5) is 0 Å². The van der Waals surface area contributed by atoms with Gasteiger partial charge in [0.1, 0.15) is 11.5 Å². The first-order chi connectivity index (χ1) is 9.59. The smallest absolute Gasteiger partial charge is 0.267 e. The van der Waals surface area contributed by atoms with Gasteiger partial charge >= 0.3 is 0 Å². The van der Waals surface area contributed by atoms with E-state index in [0.29, 0.717) is 30.1 Å². The largest absolute Gasteiger partial charge is 0.469 e. The van der Waals surface area contributed by atoms with E-state index in [-0.39, 0.29) is 11.8 Å². The Morgan fingerprint density at radius 3 is 2.45 bits per heavy atom. The van der Waals surface area contributed by atoms with Crippen molar-refractivity contribution in [2.45, 2.75) is 6.92 Å². The van der Waals surface area contributed by atoms with Crippen molar-refractivity contribution in [2.75, 3.05) is 13.1 Å². The van der Waals surface area contributed by atoms with Crippen molar-refractivity contribution >= 4 is 11.8 Å². The molecule has 0 spiro atoms. The van der Waals surface area contributed by atoms with Gasteiger partial charge < -0.3 is 19.6 Å². The highest BCUT2D eigenvalue weighted by Gasteiger charge is 2.11. The highest BCUT2D eigenvalue weighted by atomic mass is 16.3. The molecule has 20 heavy (non-hydrogen) atoms. The molecule has 2 rings (SSSR count). The molecule has 0 saturated carbocycles. The second-order valence-corrected chi connectivity index (χ2v) is 4.41. The number of nitrogens with one attached hydrogen (secondary N) is 2. The van der Waals surface area contributed by atoms with Crippen LogP contribution in [0, 0.1) is 6.92 Å². The number of hydrogen-bond acceptors (Lipinski definition) is 3. The van der Waals surface area contributed by atoms with Crippen LogP contribution in [-0.4, -0.2) is 29.5 Å². The zero-order valence-corrected chi connectivity index (χ0v) is 11.5. The number of amides is 2. The lowest BCUT2D eigenvalue weighted by Crippen LogP contribution is -2.35. The number of furan rings is 1. The molecule has 0 aliphatic heterocycles. The van der Waals surface area contributed by atoms with Crippen molar-refractivity contribution in [3.05, 3.63) is 47.7 Å². The van der Waals surface area contributed by atoms with E-state index in [1.807, 2.05) is 0 Å². The Hall–Kier alpha value is -2.50. The molecule has 6 heteroatoms. The number of carbonyl (C=O) groups is 2. The second kappa shape index (κ2) is 6.10. The van der Waals surface area contributed by atoms with E-state index in [1.165, 1.54) is 6.26 Å². The Kier molecular flexibility index (Phi) is 4.24. The fraction of sp³-hybridized carbons (Fsp3) is 0.286. The van der Waals surface area contributed by atoms with Gasteiger partial charge in [0, 0.05) is 26.3 Å². The summed E-state index contributed by atoms with van der Waals surface area (Å²) in [5.74, 6) is 0.214. The highest BCUT2D eigenvalue weighted by Crippen LogP contribution is 2.07. The summed E-state index contributed by atoms with van der Waals surface area (Å²) in [6.07, 6.45) is 3.28. The summed E-state index contributed by atoms with van der Waals surface area (Å²) in [6.45, 7) is 2.46. The zero-order chi connectivity index (χ0) is 14.5. The van der Waals surface area contributed by atoms with Crippen LogP contribution in [0.3, 0.4) is 0 Å². The lowest BCUT2D eigenvalue weighted by molar-refractivity contribution is 0.0922. The van der Waals surface area contributed by atoms with Gasteiger partial charge in [-0.2, -0.15) is 0 Å². The number of nitrogens with zero attached hydrogens (tertiary/aromatic N) is 1. The van der Waals surface area contributed by atoms with Gasteiger partial charge in [-0.25, -0.2) is 0 Å². The van der Waals surface area contributed by atoms with E-state index in [4.69, 9.17) is 4.42 Å². The number of aromatic nitrogens is 1. The van der Waals surface area contributed by atoms with E-state index in [0.717, 1.165) is 0 Å². The van der Waals surface area contributed by atoms with Crippen molar-refractivity contribution in [3.63, 3.8) is 0 Å². The molecule has 0 aliphatic carbocycles. The van der Waals surface area contributed by atoms with Gasteiger partial charge in [0.2, 0.25) is 0 Å². The molecule has 2 aromatic heterocycles. The van der Waals surface area contributed by atoms with Gasteiger partial charge in [-0.15, -0.1) is 0 Å². The van der Waals surface area contributed by atoms with Gasteiger partial charge in [-0.1, -0.05) is 0 Å². The molecule has 0 radical (unpaired) electrons. The van der Waals surface area contributed by atoms with E-state index >= 15 is 0 Å². The van der Waals surface area contributed by atoms with Crippen LogP contribution in [0.2, 0.25) is 0 Å². The fourth-order valence-corrected chi connectivity index (χ4v) is 1.86. The first kappa shape index (κ1) is 13.9. The van der Waals surface area contributed by atoms with Crippen molar-refractivity contribution in [1.82, 2.24) is 15.2 Å². The van der Waals surface area contributed by atoms with Crippen molar-refractivity contribution in [1.29, 1.82) is 0 Å². The third-order valence-electron chi connectivity index (χ3n) is 2.98. The average molecular weight is 275 g/mol. The molecule has 0 aliphatic rings. The third kappa shape index (κ3) is 3.09. The summed E-state index contributed by atoms with van der Waals surface area (Å²) < 4.78 is 6.80. The number of hydrogen-bond donors (Lipinski definition) is 2. The molecule has 106 valence electrons. The molecule has 0 bridgehead atoms. The molecule has 0 atom stereocenters. The van der Waals surface area contributed by atoms with Gasteiger partial charge in [0.05, 0.1) is 11.8 Å². The Balaban J connectivity index is 1.75. The van der Waals surface area contributed by atoms with Crippen LogP contribution in [0.25, 0.3) is 0 Å². The second-order valence-electron chi connectivity index (χ2n) is 4.41. The SMILES string of the molecule is Cc1occc1C(=O)NCCNC(=O)c1cccn1C. The molecule has 2 heterocycles. The number of rotatable bonds is 5. The van der Waals surface area contributed by atoms with E-state index in [1.54, 1.807) is 42.9 Å². The minimum atomic E-state index is -0.204. The van der Waals surface area contributed by atoms with Crippen LogP contribution in [0.15, 0.2) is 35.1 Å². The fourth-order valence-electron chi connectivity index (χ4n) is 1.86. The maximum atomic E-state index is 11.8. The minimum Gasteiger partial charge on any atom is -0.469 e. The van der Waals surface area contributed by atoms with Crippen LogP contribution in [0.5, 0.6) is 0 Å². The van der Waals surface area contributed by atoms with Crippen molar-refractivity contribution in [3.8, 4) is 0 Å². The van der Waals surface area contributed by atoms with Gasteiger partial charge in [-0.05, 0) is 25.1 Å². The Morgan fingerprint density at radius 2 is 1.90 bits per heavy atom. The summed E-state index contributed by atoms with van der Waals surface area (Å²) in [6, 6.07) is 5.16. The maximum absolute atomic E-state index is 11.8. The summed E-state index contributed by atoms with van der Waals surface area (Å²) in [4.78, 5) is 23.6. The van der Waals surface area contributed by atoms with Crippen LogP contribution < -0.4 is 10.6 Å². The zero-order valence-electron chi connectivity index (χ0n) is 11.5. The topological polar surface area (TPSA) is 76.3 Å². The van der Waals surface area contributed by atoms with E-state index in [2.05, 4.69) is 10.6 Å². The first-order valence-electron chi connectivity index (χ1n) is 6.31. The Bertz CT molecular complexity index is 558. The lowest BCUT2D eigenvalue weighted by atomic mass is 10.2. The van der Waals surface area contributed by atoms with Crippen molar-refractivity contribution < 1.29 is 14.0 Å². The van der Waals surface area contributed by atoms with Gasteiger partial charge in [0.15, 0.2) is 0 Å². The summed E-state index contributed by atoms with van der Waals surface area (Å²) in [5.41, 5.74) is 1.10. The molecule has 0 fully saturated rings. The Labute approximate surface area is 116 Å². The molecule has 2 aromatic rings. The lowest BCUT2D eigenvalue weighted by Gasteiger charge is -2.07. The summed E-state index contributed by atoms with van der Waals surface area (Å²) in [7, 11) is 1.80. The molecule has 0 saturated heterocycles. The average Bonchev–Trinajstić information content (AvgIpc) is 3.02. The van der Waals surface area contributed by atoms with E-state index in [9.17, 15) is 9.59 Å². The first-order valence-corrected chi connectivity index (χ1v) is 6.31. The van der Waals surface area contributed by atoms with Gasteiger partial charge in [-0.3, -0.25) is 9.59 Å². The molecular weight excluding hydrogens is 258 g/mol. The predicted octanol–water partition coefficient (Wildman–Crippen LogP) is 1.09. The van der Waals surface area contributed by atoms with Crippen LogP contribution >= 0.6 is 0 Å². The molecule has 2 amide bonds. The summed E-state index contributed by atoms with van der Waals surface area (Å²) in [5, 5.41) is 5.46. The highest BCUT2D eigenvalue weighted by molar-refractivity contribution is 5.95. The van der Waals surface area contributed by atoms with Crippen LogP contribution in [-0.2, 0) is 7.05 Å². The molecule has 6 nitrogen and oxygen atoms in total. The van der Waals surface area contributed by atoms with Gasteiger partial charge in [0.25, 0.3) is 11.8 Å². The summed E-state index contributed by atoms with van der Waals surface area (Å²) >= 11 is 0. The maximum Gasteiger partial charge on any atom is 0.267 e. The van der Waals surface area contributed by atoms with Crippen molar-refractivity contribution in [2.24, 2.45) is 7.05 Å². The molecule has 0 aromatic carbocycles. The molecular formula is C14H17N3O3. The van der Waals surface area contributed by atoms with E-state index < -0.39 is 0 Å². The standard InChI is InChI=1S/C14H17N3O3/c1-10-11(5-9-20-10)13(18)15-6-7-16-14(19)12-4-3-8-17(12)2/h3-5,8-9H,6-7H2,1-2H3,(H,15,18)(H,16,19). The van der Waals surface area contributed by atoms with Crippen LogP contribution in [0.1, 0.15) is 26.6 Å². The normalized spacial score (nSPS) is 10.3.